The number of hydrogen-bond donors (Lipinski definition) is 1. The Morgan fingerprint density at radius 3 is 2.37 bits per heavy atom. The van der Waals surface area contributed by atoms with Crippen molar-refractivity contribution in [1.29, 1.82) is 0 Å². The Balaban J connectivity index is 1.71. The van der Waals surface area contributed by atoms with E-state index in [1.165, 1.54) is 11.6 Å². The molecular weight excluding hydrogens is 444 g/mol. The fourth-order valence-corrected chi connectivity index (χ4v) is 4.75. The molecule has 2 aromatic carbocycles. The standard InChI is InChI=1S/C26H30N6O3/c1-29-24(33)22-23(32(26(29)34)16-19-10-12-21(35-2)13-11-19)28-25(30-14-6-9-20(27)17-30)31(22)15-18-7-4-3-5-8-18/h3-5,7-8,10-13,20H,6,9,14-17,27H2,1-2H3/t20-/m0/s1. The number of piperidine rings is 1. The van der Waals surface area contributed by atoms with Crippen LogP contribution in [0.25, 0.3) is 11.2 Å². The highest BCUT2D eigenvalue weighted by atomic mass is 16.5. The number of nitrogens with two attached hydrogens (primary N) is 1. The van der Waals surface area contributed by atoms with Gasteiger partial charge in [0.2, 0.25) is 5.95 Å². The van der Waals surface area contributed by atoms with Crippen LogP contribution in [-0.4, -0.2) is 44.9 Å². The molecule has 1 fully saturated rings. The number of benzene rings is 2. The molecule has 2 aromatic heterocycles. The Kier molecular flexibility index (Phi) is 6.17. The molecule has 3 heterocycles. The molecule has 9 heteroatoms. The van der Waals surface area contributed by atoms with Gasteiger partial charge >= 0.3 is 5.69 Å². The number of rotatable bonds is 6. The van der Waals surface area contributed by atoms with Crippen LogP contribution in [0, 0.1) is 0 Å². The second kappa shape index (κ2) is 9.42. The minimum absolute atomic E-state index is 0.0399. The van der Waals surface area contributed by atoms with Crippen LogP contribution in [0.3, 0.4) is 0 Å². The van der Waals surface area contributed by atoms with E-state index < -0.39 is 5.69 Å². The molecule has 0 unspecified atom stereocenters. The topological polar surface area (TPSA) is 100 Å². The molecule has 1 atom stereocenters. The van der Waals surface area contributed by atoms with Crippen molar-refractivity contribution in [1.82, 2.24) is 18.7 Å². The zero-order chi connectivity index (χ0) is 24.5. The smallest absolute Gasteiger partial charge is 0.332 e. The van der Waals surface area contributed by atoms with E-state index >= 15 is 0 Å². The van der Waals surface area contributed by atoms with Gasteiger partial charge in [-0.05, 0) is 36.1 Å². The SMILES string of the molecule is COc1ccc(Cn2c(=O)n(C)c(=O)c3c2nc(N2CCC[C@H](N)C2)n3Cc2ccccc2)cc1. The van der Waals surface area contributed by atoms with Crippen molar-refractivity contribution in [3.05, 3.63) is 86.6 Å². The Morgan fingerprint density at radius 1 is 1.00 bits per heavy atom. The first-order valence-corrected chi connectivity index (χ1v) is 11.8. The fourth-order valence-electron chi connectivity index (χ4n) is 4.75. The fraction of sp³-hybridized carbons (Fsp3) is 0.346. The van der Waals surface area contributed by atoms with Crippen LogP contribution in [0.15, 0.2) is 64.2 Å². The lowest BCUT2D eigenvalue weighted by molar-refractivity contribution is 0.414. The number of nitrogens with zero attached hydrogens (tertiary/aromatic N) is 5. The average molecular weight is 475 g/mol. The summed E-state index contributed by atoms with van der Waals surface area (Å²) in [6.45, 7) is 2.21. The molecule has 0 amide bonds. The van der Waals surface area contributed by atoms with E-state index in [2.05, 4.69) is 4.90 Å². The van der Waals surface area contributed by atoms with Crippen molar-refractivity contribution in [2.45, 2.75) is 32.0 Å². The first kappa shape index (κ1) is 22.9. The van der Waals surface area contributed by atoms with Crippen LogP contribution in [0.1, 0.15) is 24.0 Å². The molecule has 1 saturated heterocycles. The maximum atomic E-state index is 13.4. The number of hydrogen-bond acceptors (Lipinski definition) is 6. The molecule has 5 rings (SSSR count). The van der Waals surface area contributed by atoms with Gasteiger partial charge in [0.1, 0.15) is 5.75 Å². The van der Waals surface area contributed by atoms with Gasteiger partial charge < -0.3 is 15.4 Å². The number of aromatic nitrogens is 4. The van der Waals surface area contributed by atoms with E-state index in [1.54, 1.807) is 11.7 Å². The largest absolute Gasteiger partial charge is 0.497 e. The molecule has 0 bridgehead atoms. The number of methoxy groups -OCH3 is 1. The number of anilines is 1. The van der Waals surface area contributed by atoms with Gasteiger partial charge in [0.05, 0.1) is 20.2 Å². The van der Waals surface area contributed by atoms with Crippen molar-refractivity contribution in [2.75, 3.05) is 25.1 Å². The third-order valence-corrected chi connectivity index (χ3v) is 6.63. The first-order chi connectivity index (χ1) is 17.0. The van der Waals surface area contributed by atoms with Gasteiger partial charge in [0.25, 0.3) is 5.56 Å². The molecule has 0 aliphatic carbocycles. The molecule has 0 saturated carbocycles. The molecule has 1 aliphatic rings. The maximum absolute atomic E-state index is 13.4. The summed E-state index contributed by atoms with van der Waals surface area (Å²) in [5.41, 5.74) is 8.29. The molecule has 1 aliphatic heterocycles. The van der Waals surface area contributed by atoms with Crippen molar-refractivity contribution < 1.29 is 4.74 Å². The summed E-state index contributed by atoms with van der Waals surface area (Å²) in [7, 11) is 3.13. The van der Waals surface area contributed by atoms with Gasteiger partial charge in [-0.1, -0.05) is 42.5 Å². The Labute approximate surface area is 203 Å². The van der Waals surface area contributed by atoms with Crippen LogP contribution in [0.4, 0.5) is 5.95 Å². The lowest BCUT2D eigenvalue weighted by Crippen LogP contribution is -2.44. The first-order valence-electron chi connectivity index (χ1n) is 11.8. The molecule has 2 N–H and O–H groups in total. The third-order valence-electron chi connectivity index (χ3n) is 6.63. The van der Waals surface area contributed by atoms with E-state index in [1.807, 2.05) is 59.2 Å². The van der Waals surface area contributed by atoms with E-state index in [-0.39, 0.29) is 18.1 Å². The van der Waals surface area contributed by atoms with Crippen LogP contribution >= 0.6 is 0 Å². The molecule has 0 radical (unpaired) electrons. The van der Waals surface area contributed by atoms with Gasteiger partial charge in [-0.2, -0.15) is 4.98 Å². The zero-order valence-corrected chi connectivity index (χ0v) is 20.1. The second-order valence-electron chi connectivity index (χ2n) is 9.09. The quantitative estimate of drug-likeness (QED) is 0.458. The summed E-state index contributed by atoms with van der Waals surface area (Å²) < 4.78 is 9.94. The zero-order valence-electron chi connectivity index (χ0n) is 20.1. The molecule has 0 spiro atoms. The van der Waals surface area contributed by atoms with E-state index in [9.17, 15) is 9.59 Å². The summed E-state index contributed by atoms with van der Waals surface area (Å²) >= 11 is 0. The minimum atomic E-state index is -0.399. The van der Waals surface area contributed by atoms with Crippen molar-refractivity contribution >= 4 is 17.1 Å². The second-order valence-corrected chi connectivity index (χ2v) is 9.09. The lowest BCUT2D eigenvalue weighted by atomic mass is 10.1. The minimum Gasteiger partial charge on any atom is -0.497 e. The highest BCUT2D eigenvalue weighted by Crippen LogP contribution is 2.25. The molecule has 4 aromatic rings. The lowest BCUT2D eigenvalue weighted by Gasteiger charge is -2.31. The van der Waals surface area contributed by atoms with Crippen LogP contribution < -0.4 is 26.6 Å². The number of ether oxygens (including phenoxy) is 1. The Bertz CT molecular complexity index is 1450. The summed E-state index contributed by atoms with van der Waals surface area (Å²) in [6.07, 6.45) is 1.91. The summed E-state index contributed by atoms with van der Waals surface area (Å²) in [5, 5.41) is 0. The summed E-state index contributed by atoms with van der Waals surface area (Å²) in [4.78, 5) is 33.7. The van der Waals surface area contributed by atoms with E-state index in [0.29, 0.717) is 30.2 Å². The highest BCUT2D eigenvalue weighted by molar-refractivity contribution is 5.75. The van der Waals surface area contributed by atoms with Gasteiger partial charge in [-0.3, -0.25) is 18.5 Å². The third kappa shape index (κ3) is 4.35. The van der Waals surface area contributed by atoms with Gasteiger partial charge in [0, 0.05) is 26.2 Å². The highest BCUT2D eigenvalue weighted by Gasteiger charge is 2.26. The van der Waals surface area contributed by atoms with Crippen molar-refractivity contribution in [3.8, 4) is 5.75 Å². The van der Waals surface area contributed by atoms with Gasteiger partial charge in [-0.25, -0.2) is 4.79 Å². The van der Waals surface area contributed by atoms with Crippen molar-refractivity contribution in [2.24, 2.45) is 12.8 Å². The molecule has 182 valence electrons. The van der Waals surface area contributed by atoms with Gasteiger partial charge in [-0.15, -0.1) is 0 Å². The Morgan fingerprint density at radius 2 is 1.69 bits per heavy atom. The molecular formula is C26H30N6O3. The van der Waals surface area contributed by atoms with Crippen LogP contribution in [0.5, 0.6) is 5.75 Å². The monoisotopic (exact) mass is 474 g/mol. The normalized spacial score (nSPS) is 16.1. The predicted molar refractivity (Wildman–Crippen MR) is 136 cm³/mol. The van der Waals surface area contributed by atoms with E-state index in [4.69, 9.17) is 15.5 Å². The Hall–Kier alpha value is -3.85. The average Bonchev–Trinajstić information content (AvgIpc) is 3.25. The predicted octanol–water partition coefficient (Wildman–Crippen LogP) is 1.93. The van der Waals surface area contributed by atoms with Crippen molar-refractivity contribution in [3.63, 3.8) is 0 Å². The molecule has 9 nitrogen and oxygen atoms in total. The van der Waals surface area contributed by atoms with Crippen LogP contribution in [-0.2, 0) is 20.1 Å². The molecule has 35 heavy (non-hydrogen) atoms. The van der Waals surface area contributed by atoms with E-state index in [0.717, 1.165) is 36.3 Å². The van der Waals surface area contributed by atoms with Gasteiger partial charge in [0.15, 0.2) is 11.2 Å². The van der Waals surface area contributed by atoms with Crippen LogP contribution in [0.2, 0.25) is 0 Å². The number of imidazole rings is 1. The number of fused-ring (bicyclic) bond motifs is 1. The summed E-state index contributed by atoms with van der Waals surface area (Å²) in [6, 6.07) is 17.5. The maximum Gasteiger partial charge on any atom is 0.332 e. The summed E-state index contributed by atoms with van der Waals surface area (Å²) in [5.74, 6) is 1.41.